The summed E-state index contributed by atoms with van der Waals surface area (Å²) in [5.41, 5.74) is -1.58. The van der Waals surface area contributed by atoms with Gasteiger partial charge in [0.2, 0.25) is 0 Å². The molecule has 6 saturated carbocycles. The molecular formula is C31H44NO7+. The van der Waals surface area contributed by atoms with Gasteiger partial charge in [-0.2, -0.15) is 0 Å². The molecule has 6 aliphatic carbocycles. The second-order valence-electron chi connectivity index (χ2n) is 13.9. The van der Waals surface area contributed by atoms with E-state index in [1.807, 2.05) is 0 Å². The average Bonchev–Trinajstić information content (AvgIpc) is 3.40. The number of fused-ring (bicyclic) bond motifs is 2. The largest absolute Gasteiger partial charge is 0.493 e. The number of piperidine rings is 1. The zero-order valence-electron chi connectivity index (χ0n) is 23.6. The van der Waals surface area contributed by atoms with Crippen LogP contribution in [0.15, 0.2) is 18.2 Å². The second kappa shape index (κ2) is 8.34. The van der Waals surface area contributed by atoms with Gasteiger partial charge in [0.25, 0.3) is 0 Å². The summed E-state index contributed by atoms with van der Waals surface area (Å²) >= 11 is 0. The number of aliphatic hydroxyl groups excluding tert-OH is 2. The van der Waals surface area contributed by atoms with Crippen molar-refractivity contribution >= 4 is 5.97 Å². The Bertz CT molecular complexity index is 1190. The van der Waals surface area contributed by atoms with Crippen molar-refractivity contribution in [1.82, 2.24) is 0 Å². The first-order chi connectivity index (χ1) is 18.6. The SMILES string of the molecule is CC[NH+]1CC2(C)CCC(O)C34C1[C@H](C[C@H]23)C12CCC(CC14)C(O)(COC(=O)c1ccc(OC)c(OC)c1)C2O. The molecule has 39 heavy (non-hydrogen) atoms. The van der Waals surface area contributed by atoms with E-state index in [1.165, 1.54) is 14.2 Å². The van der Waals surface area contributed by atoms with Gasteiger partial charge in [0.15, 0.2) is 11.5 Å². The van der Waals surface area contributed by atoms with E-state index in [9.17, 15) is 20.1 Å². The molecule has 7 bridgehead atoms. The predicted molar refractivity (Wildman–Crippen MR) is 142 cm³/mol. The summed E-state index contributed by atoms with van der Waals surface area (Å²) in [6.07, 6.45) is 4.10. The van der Waals surface area contributed by atoms with Crippen LogP contribution in [-0.4, -0.2) is 79.1 Å². The Hall–Kier alpha value is -1.87. The number of hydrogen-bond donors (Lipinski definition) is 4. The molecular weight excluding hydrogens is 498 g/mol. The molecule has 10 unspecified atom stereocenters. The lowest BCUT2D eigenvalue weighted by Gasteiger charge is -2.68. The molecule has 12 atom stereocenters. The fraction of sp³-hybridized carbons (Fsp3) is 0.774. The van der Waals surface area contributed by atoms with Crippen LogP contribution in [0.25, 0.3) is 0 Å². The summed E-state index contributed by atoms with van der Waals surface area (Å²) < 4.78 is 16.3. The number of esters is 1. The van der Waals surface area contributed by atoms with Crippen molar-refractivity contribution in [2.45, 2.75) is 76.2 Å². The van der Waals surface area contributed by atoms with Crippen LogP contribution in [0.1, 0.15) is 62.7 Å². The number of aliphatic hydroxyl groups is 3. The first-order valence-corrected chi connectivity index (χ1v) is 14.9. The molecule has 1 heterocycles. The van der Waals surface area contributed by atoms with E-state index >= 15 is 0 Å². The topological polar surface area (TPSA) is 110 Å². The Morgan fingerprint density at radius 2 is 1.85 bits per heavy atom. The van der Waals surface area contributed by atoms with Crippen LogP contribution in [0.5, 0.6) is 11.5 Å². The quantitative estimate of drug-likeness (QED) is 0.403. The average molecular weight is 543 g/mol. The number of methoxy groups -OCH3 is 2. The zero-order valence-corrected chi connectivity index (χ0v) is 23.6. The molecule has 8 nitrogen and oxygen atoms in total. The second-order valence-corrected chi connectivity index (χ2v) is 13.9. The Kier molecular flexibility index (Phi) is 5.57. The number of ether oxygens (including phenoxy) is 3. The minimum atomic E-state index is -1.49. The first-order valence-electron chi connectivity index (χ1n) is 14.9. The van der Waals surface area contributed by atoms with E-state index in [-0.39, 0.29) is 41.3 Å². The molecule has 0 amide bonds. The molecule has 1 saturated heterocycles. The highest BCUT2D eigenvalue weighted by atomic mass is 16.5. The van der Waals surface area contributed by atoms with E-state index in [1.54, 1.807) is 23.1 Å². The van der Waals surface area contributed by atoms with Crippen molar-refractivity contribution < 1.29 is 39.2 Å². The van der Waals surface area contributed by atoms with Crippen LogP contribution in [0, 0.1) is 39.9 Å². The molecule has 8 heteroatoms. The van der Waals surface area contributed by atoms with Crippen LogP contribution in [0.4, 0.5) is 0 Å². The van der Waals surface area contributed by atoms with Crippen LogP contribution < -0.4 is 14.4 Å². The Balaban J connectivity index is 1.20. The van der Waals surface area contributed by atoms with E-state index in [4.69, 9.17) is 14.2 Å². The lowest BCUT2D eigenvalue weighted by Crippen LogP contribution is -3.20. The minimum Gasteiger partial charge on any atom is -0.493 e. The lowest BCUT2D eigenvalue weighted by molar-refractivity contribution is -0.947. The van der Waals surface area contributed by atoms with Gasteiger partial charge in [-0.3, -0.25) is 0 Å². The van der Waals surface area contributed by atoms with Gasteiger partial charge >= 0.3 is 5.97 Å². The zero-order chi connectivity index (χ0) is 27.5. The molecule has 214 valence electrons. The highest BCUT2D eigenvalue weighted by Gasteiger charge is 2.88. The molecule has 4 N–H and O–H groups in total. The van der Waals surface area contributed by atoms with Crippen LogP contribution in [0.2, 0.25) is 0 Å². The third-order valence-electron chi connectivity index (χ3n) is 13.1. The predicted octanol–water partition coefficient (Wildman–Crippen LogP) is 1.45. The van der Waals surface area contributed by atoms with Gasteiger partial charge in [-0.1, -0.05) is 6.92 Å². The van der Waals surface area contributed by atoms with E-state index < -0.39 is 23.1 Å². The first kappa shape index (κ1) is 26.1. The molecule has 0 radical (unpaired) electrons. The summed E-state index contributed by atoms with van der Waals surface area (Å²) in [6, 6.07) is 5.17. The molecule has 1 aromatic rings. The van der Waals surface area contributed by atoms with E-state index in [2.05, 4.69) is 13.8 Å². The van der Waals surface area contributed by atoms with Gasteiger partial charge in [0.05, 0.1) is 56.5 Å². The number of carbonyl (C=O) groups excluding carboxylic acids is 1. The monoisotopic (exact) mass is 542 g/mol. The maximum Gasteiger partial charge on any atom is 0.338 e. The van der Waals surface area contributed by atoms with Crippen LogP contribution in [-0.2, 0) is 4.74 Å². The van der Waals surface area contributed by atoms with Crippen molar-refractivity contribution in [2.75, 3.05) is 33.9 Å². The number of likely N-dealkylation sites (tertiary alicyclic amines) is 1. The van der Waals surface area contributed by atoms with E-state index in [0.29, 0.717) is 29.0 Å². The summed E-state index contributed by atoms with van der Waals surface area (Å²) in [7, 11) is 3.05. The fourth-order valence-electron chi connectivity index (χ4n) is 11.9. The Labute approximate surface area is 230 Å². The third-order valence-corrected chi connectivity index (χ3v) is 13.1. The number of nitrogens with one attached hydrogen (secondary N) is 1. The van der Waals surface area contributed by atoms with Gasteiger partial charge in [-0.25, -0.2) is 4.79 Å². The standard InChI is InChI=1S/C31H43NO7/c1-5-32-15-28(2)10-9-24(33)31-22(28)14-19(25(31)32)29-11-8-18(13-23(29)31)30(36,27(29)35)16-39-26(34)17-6-7-20(37-3)21(12-17)38-4/h6-7,12,18-19,22-25,27,33,35-36H,5,8-11,13-16H2,1-4H3/p+1/t18?,19-,22+,23?,24?,25?,27?,28?,29?,30?,31?/m0/s1. The number of rotatable bonds is 6. The summed E-state index contributed by atoms with van der Waals surface area (Å²) in [5, 5.41) is 36.2. The molecule has 7 fully saturated rings. The molecule has 1 aromatic carbocycles. The third kappa shape index (κ3) is 2.92. The van der Waals surface area contributed by atoms with Gasteiger partial charge < -0.3 is 34.4 Å². The number of quaternary nitrogens is 1. The molecule has 2 spiro atoms. The van der Waals surface area contributed by atoms with Crippen LogP contribution >= 0.6 is 0 Å². The number of benzene rings is 1. The molecule has 0 aromatic heterocycles. The number of hydrogen-bond acceptors (Lipinski definition) is 7. The van der Waals surface area contributed by atoms with Crippen molar-refractivity contribution in [2.24, 2.45) is 39.9 Å². The minimum absolute atomic E-state index is 0.169. The highest BCUT2D eigenvalue weighted by molar-refractivity contribution is 5.90. The summed E-state index contributed by atoms with van der Waals surface area (Å²) in [4.78, 5) is 14.6. The summed E-state index contributed by atoms with van der Waals surface area (Å²) in [6.45, 7) is 6.63. The van der Waals surface area contributed by atoms with Crippen molar-refractivity contribution in [3.05, 3.63) is 23.8 Å². The van der Waals surface area contributed by atoms with Gasteiger partial charge in [0.1, 0.15) is 12.2 Å². The normalized spacial score (nSPS) is 50.4. The summed E-state index contributed by atoms with van der Waals surface area (Å²) in [5.74, 6) is 1.16. The fourth-order valence-corrected chi connectivity index (χ4v) is 11.9. The maximum atomic E-state index is 13.1. The van der Waals surface area contributed by atoms with Crippen LogP contribution in [0.3, 0.4) is 0 Å². The van der Waals surface area contributed by atoms with Crippen molar-refractivity contribution in [1.29, 1.82) is 0 Å². The van der Waals surface area contributed by atoms with E-state index in [0.717, 1.165) is 51.6 Å². The van der Waals surface area contributed by atoms with Gasteiger partial charge in [-0.05, 0) is 81.4 Å². The van der Waals surface area contributed by atoms with Gasteiger partial charge in [-0.15, -0.1) is 0 Å². The lowest BCUT2D eigenvalue weighted by atomic mass is 9.38. The smallest absolute Gasteiger partial charge is 0.338 e. The van der Waals surface area contributed by atoms with Crippen molar-refractivity contribution in [3.8, 4) is 11.5 Å². The maximum absolute atomic E-state index is 13.1. The molecule has 8 rings (SSSR count). The molecule has 7 aliphatic rings. The Morgan fingerprint density at radius 1 is 1.08 bits per heavy atom. The van der Waals surface area contributed by atoms with Crippen molar-refractivity contribution in [3.63, 3.8) is 0 Å². The highest BCUT2D eigenvalue weighted by Crippen LogP contribution is 2.81. The Morgan fingerprint density at radius 3 is 2.56 bits per heavy atom. The molecule has 1 aliphatic heterocycles. The number of carbonyl (C=O) groups is 1. The van der Waals surface area contributed by atoms with Gasteiger partial charge in [0, 0.05) is 16.7 Å².